The van der Waals surface area contributed by atoms with Crippen LogP contribution in [0.3, 0.4) is 0 Å². The van der Waals surface area contributed by atoms with Crippen molar-refractivity contribution < 1.29 is 14.4 Å². The molecule has 5 rings (SSSR count). The van der Waals surface area contributed by atoms with Crippen molar-refractivity contribution >= 4 is 39.4 Å². The van der Waals surface area contributed by atoms with Crippen LogP contribution in [0.25, 0.3) is 10.2 Å². The predicted molar refractivity (Wildman–Crippen MR) is 117 cm³/mol. The summed E-state index contributed by atoms with van der Waals surface area (Å²) in [5.74, 6) is -1.11. The predicted octanol–water partition coefficient (Wildman–Crippen LogP) is 3.42. The van der Waals surface area contributed by atoms with E-state index >= 15 is 0 Å². The monoisotopic (exact) mass is 434 g/mol. The number of piperidine rings is 1. The van der Waals surface area contributed by atoms with Gasteiger partial charge in [-0.3, -0.25) is 19.4 Å². The Morgan fingerprint density at radius 2 is 1.55 bits per heavy atom. The van der Waals surface area contributed by atoms with Crippen LogP contribution in [0.2, 0.25) is 0 Å². The molecular formula is C23H22N4O3S. The summed E-state index contributed by atoms with van der Waals surface area (Å²) in [6, 6.07) is 16.8. The maximum absolute atomic E-state index is 12.8. The number of likely N-dealkylation sites (tertiary alicyclic amines) is 1. The molecule has 2 aliphatic heterocycles. The minimum absolute atomic E-state index is 0.112. The molecule has 0 radical (unpaired) electrons. The van der Waals surface area contributed by atoms with E-state index in [2.05, 4.69) is 11.0 Å². The number of hydrogen-bond donors (Lipinski definition) is 0. The third-order valence-electron chi connectivity index (χ3n) is 5.91. The Morgan fingerprint density at radius 1 is 0.871 bits per heavy atom. The molecule has 3 heterocycles. The number of thiazole rings is 1. The molecule has 0 saturated carbocycles. The minimum Gasteiger partial charge on any atom is -0.285 e. The number of urea groups is 1. The van der Waals surface area contributed by atoms with Gasteiger partial charge in [-0.2, -0.15) is 0 Å². The second-order valence-electron chi connectivity index (χ2n) is 7.95. The topological polar surface area (TPSA) is 73.8 Å². The molecule has 158 valence electrons. The number of fused-ring (bicyclic) bond motifs is 1. The first-order valence-electron chi connectivity index (χ1n) is 10.4. The van der Waals surface area contributed by atoms with E-state index in [-0.39, 0.29) is 13.2 Å². The molecule has 0 bridgehead atoms. The number of hydrogen-bond acceptors (Lipinski definition) is 6. The highest BCUT2D eigenvalue weighted by molar-refractivity contribution is 7.18. The van der Waals surface area contributed by atoms with Gasteiger partial charge in [0.1, 0.15) is 0 Å². The lowest BCUT2D eigenvalue weighted by molar-refractivity contribution is -0.144. The molecule has 2 aliphatic rings. The quantitative estimate of drug-likeness (QED) is 0.454. The van der Waals surface area contributed by atoms with Gasteiger partial charge in [-0.1, -0.05) is 42.5 Å². The first kappa shape index (κ1) is 19.8. The molecule has 3 aromatic rings. The second-order valence-corrected chi connectivity index (χ2v) is 9.01. The number of nitrogens with zero attached hydrogens (tertiary/aromatic N) is 4. The van der Waals surface area contributed by atoms with Crippen LogP contribution in [0.1, 0.15) is 29.3 Å². The number of para-hydroxylation sites is 1. The molecule has 0 unspecified atom stereocenters. The molecule has 31 heavy (non-hydrogen) atoms. The molecule has 4 amide bonds. The van der Waals surface area contributed by atoms with E-state index in [4.69, 9.17) is 4.98 Å². The van der Waals surface area contributed by atoms with Gasteiger partial charge >= 0.3 is 17.8 Å². The third kappa shape index (κ3) is 3.84. The maximum Gasteiger partial charge on any atom is 0.335 e. The summed E-state index contributed by atoms with van der Waals surface area (Å²) in [6.45, 7) is 1.77. The molecule has 1 aromatic heterocycles. The summed E-state index contributed by atoms with van der Waals surface area (Å²) in [7, 11) is 0. The third-order valence-corrected chi connectivity index (χ3v) is 7.11. The normalized spacial score (nSPS) is 18.5. The van der Waals surface area contributed by atoms with E-state index in [1.54, 1.807) is 11.3 Å². The Kier molecular flexibility index (Phi) is 5.25. The van der Waals surface area contributed by atoms with Gasteiger partial charge in [0.05, 0.1) is 28.4 Å². The Labute approximate surface area is 183 Å². The fourth-order valence-corrected chi connectivity index (χ4v) is 5.30. The average molecular weight is 435 g/mol. The number of benzene rings is 2. The van der Waals surface area contributed by atoms with Crippen molar-refractivity contribution in [3.63, 3.8) is 0 Å². The fourth-order valence-electron chi connectivity index (χ4n) is 4.17. The molecule has 7 nitrogen and oxygen atoms in total. The Bertz CT molecular complexity index is 1100. The molecule has 8 heteroatoms. The lowest BCUT2D eigenvalue weighted by Crippen LogP contribution is -2.45. The van der Waals surface area contributed by atoms with Gasteiger partial charge in [0.25, 0.3) is 0 Å². The first-order valence-corrected chi connectivity index (χ1v) is 11.2. The maximum atomic E-state index is 12.8. The van der Waals surface area contributed by atoms with Crippen molar-refractivity contribution in [1.82, 2.24) is 19.7 Å². The Morgan fingerprint density at radius 3 is 2.29 bits per heavy atom. The highest BCUT2D eigenvalue weighted by Gasteiger charge is 2.45. The SMILES string of the molecule is O=C1C(=O)N(CN2CCC(c3nc4ccccc4s3)CC2)C(=O)N1Cc1ccccc1. The fraction of sp³-hybridized carbons (Fsp3) is 0.304. The molecule has 0 spiro atoms. The van der Waals surface area contributed by atoms with E-state index in [0.717, 1.165) is 51.8 Å². The molecule has 0 N–H and O–H groups in total. The summed E-state index contributed by atoms with van der Waals surface area (Å²) in [4.78, 5) is 46.6. The van der Waals surface area contributed by atoms with Gasteiger partial charge in [0.2, 0.25) is 0 Å². The van der Waals surface area contributed by atoms with E-state index < -0.39 is 17.8 Å². The number of carbonyl (C=O) groups is 3. The summed E-state index contributed by atoms with van der Waals surface area (Å²) >= 11 is 1.74. The highest BCUT2D eigenvalue weighted by atomic mass is 32.1. The summed E-state index contributed by atoms with van der Waals surface area (Å²) < 4.78 is 1.20. The van der Waals surface area contributed by atoms with Crippen LogP contribution in [0.5, 0.6) is 0 Å². The van der Waals surface area contributed by atoms with Crippen molar-refractivity contribution in [2.45, 2.75) is 25.3 Å². The number of carbonyl (C=O) groups excluding carboxylic acids is 3. The van der Waals surface area contributed by atoms with Gasteiger partial charge in [-0.25, -0.2) is 14.7 Å². The zero-order valence-corrected chi connectivity index (χ0v) is 17.8. The molecule has 2 fully saturated rings. The van der Waals surface area contributed by atoms with Crippen molar-refractivity contribution in [1.29, 1.82) is 0 Å². The van der Waals surface area contributed by atoms with Crippen LogP contribution < -0.4 is 0 Å². The van der Waals surface area contributed by atoms with Crippen LogP contribution in [0.15, 0.2) is 54.6 Å². The number of amides is 4. The Hall–Kier alpha value is -3.10. The summed E-state index contributed by atoms with van der Waals surface area (Å²) in [5.41, 5.74) is 1.85. The molecule has 0 atom stereocenters. The number of aromatic nitrogens is 1. The zero-order valence-electron chi connectivity index (χ0n) is 16.9. The van der Waals surface area contributed by atoms with Gasteiger partial charge in [0, 0.05) is 19.0 Å². The highest BCUT2D eigenvalue weighted by Crippen LogP contribution is 2.34. The second kappa shape index (κ2) is 8.20. The van der Waals surface area contributed by atoms with Crippen molar-refractivity contribution in [2.75, 3.05) is 19.8 Å². The van der Waals surface area contributed by atoms with Crippen LogP contribution in [-0.2, 0) is 16.1 Å². The van der Waals surface area contributed by atoms with Gasteiger partial charge in [-0.15, -0.1) is 11.3 Å². The van der Waals surface area contributed by atoms with Crippen LogP contribution in [-0.4, -0.2) is 57.3 Å². The van der Waals surface area contributed by atoms with Crippen LogP contribution in [0.4, 0.5) is 4.79 Å². The standard InChI is InChI=1S/C23H22N4O3S/c28-21-22(29)27(23(30)26(21)14-16-6-2-1-3-7-16)15-25-12-10-17(11-13-25)20-24-18-8-4-5-9-19(18)31-20/h1-9,17H,10-15H2. The van der Waals surface area contributed by atoms with Gasteiger partial charge < -0.3 is 0 Å². The lowest BCUT2D eigenvalue weighted by atomic mass is 9.98. The largest absolute Gasteiger partial charge is 0.335 e. The average Bonchev–Trinajstić information content (AvgIpc) is 3.32. The molecule has 2 saturated heterocycles. The minimum atomic E-state index is -0.752. The van der Waals surface area contributed by atoms with E-state index in [1.165, 1.54) is 4.70 Å². The number of imide groups is 2. The first-order chi connectivity index (χ1) is 15.1. The number of rotatable bonds is 5. The summed E-state index contributed by atoms with van der Waals surface area (Å²) in [5, 5.41) is 1.15. The van der Waals surface area contributed by atoms with Crippen molar-refractivity contribution in [3.8, 4) is 0 Å². The van der Waals surface area contributed by atoms with E-state index in [1.807, 2.05) is 48.5 Å². The van der Waals surface area contributed by atoms with E-state index in [0.29, 0.717) is 5.92 Å². The Balaban J connectivity index is 1.21. The summed E-state index contributed by atoms with van der Waals surface area (Å²) in [6.07, 6.45) is 1.83. The van der Waals surface area contributed by atoms with Gasteiger partial charge in [0.15, 0.2) is 0 Å². The van der Waals surface area contributed by atoms with Gasteiger partial charge in [-0.05, 0) is 30.5 Å². The van der Waals surface area contributed by atoms with Crippen LogP contribution in [0, 0.1) is 0 Å². The van der Waals surface area contributed by atoms with Crippen molar-refractivity contribution in [3.05, 3.63) is 65.2 Å². The van der Waals surface area contributed by atoms with E-state index in [9.17, 15) is 14.4 Å². The lowest BCUT2D eigenvalue weighted by Gasteiger charge is -2.32. The molecular weight excluding hydrogens is 412 g/mol. The van der Waals surface area contributed by atoms with Crippen LogP contribution >= 0.6 is 11.3 Å². The van der Waals surface area contributed by atoms with Crippen molar-refractivity contribution in [2.24, 2.45) is 0 Å². The zero-order chi connectivity index (χ0) is 21.4. The molecule has 0 aliphatic carbocycles. The molecule has 2 aromatic carbocycles. The smallest absolute Gasteiger partial charge is 0.285 e.